The van der Waals surface area contributed by atoms with Crippen molar-refractivity contribution in [1.82, 2.24) is 14.3 Å². The van der Waals surface area contributed by atoms with Crippen LogP contribution in [0.2, 0.25) is 0 Å². The maximum atomic E-state index is 11.6. The molecule has 2 N–H and O–H groups in total. The molecule has 0 radical (unpaired) electrons. The molecule has 1 unspecified atom stereocenters. The molecule has 1 aromatic rings. The van der Waals surface area contributed by atoms with E-state index in [1.807, 2.05) is 0 Å². The van der Waals surface area contributed by atoms with Gasteiger partial charge in [-0.2, -0.15) is 4.68 Å². The van der Waals surface area contributed by atoms with Crippen LogP contribution in [0, 0.1) is 5.41 Å². The summed E-state index contributed by atoms with van der Waals surface area (Å²) in [5.74, 6) is -0.255. The molecule has 3 rings (SSSR count). The summed E-state index contributed by atoms with van der Waals surface area (Å²) in [6.07, 6.45) is 7.00. The average molecular weight is 217 g/mol. The van der Waals surface area contributed by atoms with Crippen molar-refractivity contribution in [3.8, 4) is 0 Å². The molecule has 1 atom stereocenters. The van der Waals surface area contributed by atoms with Crippen LogP contribution in [0.5, 0.6) is 0 Å². The Kier molecular flexibility index (Phi) is 1.54. The Bertz CT molecular complexity index is 681. The van der Waals surface area contributed by atoms with Crippen LogP contribution < -0.4 is 11.4 Å². The van der Waals surface area contributed by atoms with E-state index in [9.17, 15) is 9.59 Å². The van der Waals surface area contributed by atoms with Crippen LogP contribution in [-0.2, 0) is 0 Å². The highest BCUT2D eigenvalue weighted by molar-refractivity contribution is 6.08. The van der Waals surface area contributed by atoms with Crippen molar-refractivity contribution < 1.29 is 0 Å². The zero-order valence-corrected chi connectivity index (χ0v) is 8.04. The number of hydrogen-bond acceptors (Lipinski definition) is 3. The van der Waals surface area contributed by atoms with Crippen molar-refractivity contribution in [3.63, 3.8) is 0 Å². The van der Waals surface area contributed by atoms with Crippen molar-refractivity contribution in [1.29, 1.82) is 5.41 Å². The minimum atomic E-state index is -0.638. The van der Waals surface area contributed by atoms with Gasteiger partial charge < -0.3 is 0 Å². The molecule has 0 aromatic carbocycles. The van der Waals surface area contributed by atoms with Gasteiger partial charge in [0, 0.05) is 0 Å². The zero-order valence-electron chi connectivity index (χ0n) is 8.04. The highest BCUT2D eigenvalue weighted by atomic mass is 16.2. The number of fused-ring (bicyclic) bond motifs is 3. The molecule has 7 nitrogen and oxygen atoms in total. The molecule has 0 saturated heterocycles. The van der Waals surface area contributed by atoms with Crippen molar-refractivity contribution in [3.05, 3.63) is 45.3 Å². The molecule has 1 aliphatic heterocycles. The van der Waals surface area contributed by atoms with Crippen molar-refractivity contribution in [2.24, 2.45) is 4.99 Å². The topological polar surface area (TPSA) is 96.0 Å². The molecule has 2 heterocycles. The van der Waals surface area contributed by atoms with E-state index in [0.29, 0.717) is 5.71 Å². The summed E-state index contributed by atoms with van der Waals surface area (Å²) in [5.41, 5.74) is -0.596. The van der Waals surface area contributed by atoms with Gasteiger partial charge in [0.1, 0.15) is 6.04 Å². The number of nitrogens with zero attached hydrogens (tertiary/aromatic N) is 3. The van der Waals surface area contributed by atoms with Gasteiger partial charge in [0.05, 0.1) is 5.71 Å². The molecule has 1 aromatic heterocycles. The van der Waals surface area contributed by atoms with Gasteiger partial charge in [-0.3, -0.25) is 10.4 Å². The van der Waals surface area contributed by atoms with Crippen LogP contribution in [0.15, 0.2) is 38.9 Å². The first-order valence-electron chi connectivity index (χ1n) is 4.65. The lowest BCUT2D eigenvalue weighted by molar-refractivity contribution is 0.555. The van der Waals surface area contributed by atoms with Crippen molar-refractivity contribution in [2.45, 2.75) is 6.04 Å². The minimum Gasteiger partial charge on any atom is -0.265 e. The van der Waals surface area contributed by atoms with Gasteiger partial charge in [-0.15, -0.1) is 0 Å². The quantitative estimate of drug-likeness (QED) is 0.597. The number of aromatic nitrogens is 3. The maximum Gasteiger partial charge on any atom is 0.352 e. The van der Waals surface area contributed by atoms with E-state index in [1.165, 1.54) is 4.68 Å². The molecule has 7 heteroatoms. The molecule has 1 aliphatic carbocycles. The van der Waals surface area contributed by atoms with Gasteiger partial charge in [0.25, 0.3) is 0 Å². The molecule has 0 saturated carbocycles. The van der Waals surface area contributed by atoms with Crippen molar-refractivity contribution >= 4 is 11.7 Å². The van der Waals surface area contributed by atoms with Gasteiger partial charge in [0.2, 0.25) is 5.96 Å². The van der Waals surface area contributed by atoms with E-state index in [1.54, 1.807) is 24.3 Å². The molecule has 2 aliphatic rings. The summed E-state index contributed by atoms with van der Waals surface area (Å²) in [6, 6.07) is -0.412. The van der Waals surface area contributed by atoms with E-state index in [0.717, 1.165) is 4.68 Å². The fourth-order valence-electron chi connectivity index (χ4n) is 1.84. The Hall–Kier alpha value is -2.44. The van der Waals surface area contributed by atoms with Gasteiger partial charge in [0.15, 0.2) is 0 Å². The lowest BCUT2D eigenvalue weighted by Gasteiger charge is -2.23. The Morgan fingerprint density at radius 2 is 2.12 bits per heavy atom. The first-order valence-corrected chi connectivity index (χ1v) is 4.65. The second-order valence-corrected chi connectivity index (χ2v) is 3.44. The predicted molar refractivity (Wildman–Crippen MR) is 57.2 cm³/mol. The van der Waals surface area contributed by atoms with E-state index in [2.05, 4.69) is 9.98 Å². The largest absolute Gasteiger partial charge is 0.352 e. The van der Waals surface area contributed by atoms with Gasteiger partial charge >= 0.3 is 11.4 Å². The van der Waals surface area contributed by atoms with Crippen LogP contribution >= 0.6 is 0 Å². The first-order chi connectivity index (χ1) is 7.68. The third-order valence-electron chi connectivity index (χ3n) is 2.50. The first kappa shape index (κ1) is 8.84. The Balaban J connectivity index is 2.38. The van der Waals surface area contributed by atoms with Crippen LogP contribution in [0.4, 0.5) is 0 Å². The lowest BCUT2D eigenvalue weighted by atomic mass is 10.1. The Morgan fingerprint density at radius 1 is 1.31 bits per heavy atom. The van der Waals surface area contributed by atoms with Crippen LogP contribution in [-0.4, -0.2) is 26.0 Å². The Labute approximate surface area is 88.5 Å². The van der Waals surface area contributed by atoms with Gasteiger partial charge in [-0.1, -0.05) is 18.2 Å². The van der Waals surface area contributed by atoms with E-state index in [-0.39, 0.29) is 5.96 Å². The second kappa shape index (κ2) is 2.78. The SMILES string of the molecule is N=C1N=C2C=CC=CC2n2c(=O)[nH]c(=O)n21. The van der Waals surface area contributed by atoms with Gasteiger partial charge in [-0.05, 0) is 6.08 Å². The summed E-state index contributed by atoms with van der Waals surface area (Å²) < 4.78 is 2.12. The maximum absolute atomic E-state index is 11.6. The number of hydrogen-bond donors (Lipinski definition) is 2. The smallest absolute Gasteiger partial charge is 0.265 e. The fourth-order valence-corrected chi connectivity index (χ4v) is 1.84. The van der Waals surface area contributed by atoms with Crippen LogP contribution in [0.25, 0.3) is 0 Å². The average Bonchev–Trinajstić information content (AvgIpc) is 2.55. The second-order valence-electron chi connectivity index (χ2n) is 3.44. The molecule has 0 spiro atoms. The summed E-state index contributed by atoms with van der Waals surface area (Å²) in [4.78, 5) is 29.1. The van der Waals surface area contributed by atoms with Gasteiger partial charge in [-0.25, -0.2) is 19.3 Å². The number of allylic oxidation sites excluding steroid dienone is 4. The number of nitrogens with one attached hydrogen (secondary N) is 2. The number of aliphatic imine (C=N–C) groups is 1. The zero-order chi connectivity index (χ0) is 11.3. The summed E-state index contributed by atoms with van der Waals surface area (Å²) in [5, 5.41) is 7.59. The molecule has 16 heavy (non-hydrogen) atoms. The minimum absolute atomic E-state index is 0.255. The number of aromatic amines is 1. The fraction of sp³-hybridized carbons (Fsp3) is 0.111. The summed E-state index contributed by atoms with van der Waals surface area (Å²) in [6.45, 7) is 0. The lowest BCUT2D eigenvalue weighted by Crippen LogP contribution is -2.41. The standard InChI is InChI=1S/C9H7N5O2/c10-7-11-5-3-1-2-4-6(5)13-8(15)12-9(16)14(7)13/h1-4,6,10H,(H,12,15,16). The highest BCUT2D eigenvalue weighted by Crippen LogP contribution is 2.16. The molecular weight excluding hydrogens is 210 g/mol. The van der Waals surface area contributed by atoms with E-state index >= 15 is 0 Å². The monoisotopic (exact) mass is 217 g/mol. The van der Waals surface area contributed by atoms with Crippen LogP contribution in [0.1, 0.15) is 6.04 Å². The summed E-state index contributed by atoms with van der Waals surface area (Å²) >= 11 is 0. The third kappa shape index (κ3) is 0.964. The van der Waals surface area contributed by atoms with Crippen LogP contribution in [0.3, 0.4) is 0 Å². The normalized spacial score (nSPS) is 21.6. The molecule has 0 amide bonds. The molecular formula is C9H7N5O2. The predicted octanol–water partition coefficient (Wildman–Crippen LogP) is -0.757. The Morgan fingerprint density at radius 3 is 2.94 bits per heavy atom. The highest BCUT2D eigenvalue weighted by Gasteiger charge is 2.28. The van der Waals surface area contributed by atoms with Crippen molar-refractivity contribution in [2.75, 3.05) is 0 Å². The number of rotatable bonds is 0. The third-order valence-corrected chi connectivity index (χ3v) is 2.50. The van der Waals surface area contributed by atoms with E-state index < -0.39 is 17.4 Å². The van der Waals surface area contributed by atoms with E-state index in [4.69, 9.17) is 5.41 Å². The molecule has 80 valence electrons. The summed E-state index contributed by atoms with van der Waals surface area (Å²) in [7, 11) is 0. The molecule has 0 fully saturated rings. The molecule has 0 bridgehead atoms. The number of H-pyrrole nitrogens is 1.